The molecule has 0 saturated carbocycles. The molecule has 9 heteroatoms. The van der Waals surface area contributed by atoms with Crippen molar-refractivity contribution >= 4 is 21.9 Å². The molecule has 1 aromatic rings. The maximum absolute atomic E-state index is 12.7. The molecule has 1 aromatic heterocycles. The average Bonchev–Trinajstić information content (AvgIpc) is 3.13. The molecule has 2 aliphatic rings. The van der Waals surface area contributed by atoms with Crippen LogP contribution in [0.25, 0.3) is 0 Å². The van der Waals surface area contributed by atoms with Crippen LogP contribution >= 0.6 is 0 Å². The molecule has 8 nitrogen and oxygen atoms in total. The summed E-state index contributed by atoms with van der Waals surface area (Å²) in [5, 5.41) is 8.50. The van der Waals surface area contributed by atoms with E-state index in [0.717, 1.165) is 37.9 Å². The highest BCUT2D eigenvalue weighted by atomic mass is 32.2. The Balaban J connectivity index is 1.63. The fraction of sp³-hybridized carbons (Fsp3) is 0.647. The first kappa shape index (κ1) is 18.9. The van der Waals surface area contributed by atoms with E-state index in [0.29, 0.717) is 12.8 Å². The summed E-state index contributed by atoms with van der Waals surface area (Å²) in [6, 6.07) is 2.53. The van der Waals surface area contributed by atoms with Crippen molar-refractivity contribution in [3.63, 3.8) is 0 Å². The highest BCUT2D eigenvalue weighted by Crippen LogP contribution is 2.28. The van der Waals surface area contributed by atoms with Gasteiger partial charge in [0.1, 0.15) is 0 Å². The summed E-state index contributed by atoms with van der Waals surface area (Å²) in [6.45, 7) is 3.30. The number of carbonyl (C=O) groups is 2. The average molecular weight is 384 g/mol. The van der Waals surface area contributed by atoms with Crippen LogP contribution in [0.15, 0.2) is 21.6 Å². The molecule has 2 aliphatic heterocycles. The second kappa shape index (κ2) is 7.40. The second-order valence-corrected chi connectivity index (χ2v) is 8.85. The number of carboxylic acid groups (broad SMARTS) is 1. The number of hydrogen-bond acceptors (Lipinski definition) is 5. The van der Waals surface area contributed by atoms with Gasteiger partial charge < -0.3 is 14.4 Å². The Morgan fingerprint density at radius 1 is 1.12 bits per heavy atom. The van der Waals surface area contributed by atoms with E-state index in [1.54, 1.807) is 0 Å². The van der Waals surface area contributed by atoms with Crippen LogP contribution in [0.3, 0.4) is 0 Å². The van der Waals surface area contributed by atoms with Gasteiger partial charge in [-0.1, -0.05) is 0 Å². The molecule has 2 fully saturated rings. The summed E-state index contributed by atoms with van der Waals surface area (Å²) < 4.78 is 31.4. The first-order valence-electron chi connectivity index (χ1n) is 8.94. The third kappa shape index (κ3) is 3.64. The smallest absolute Gasteiger partial charge is 0.371 e. The Morgan fingerprint density at radius 2 is 1.81 bits per heavy atom. The van der Waals surface area contributed by atoms with Crippen LogP contribution in [0, 0.1) is 5.92 Å². The van der Waals surface area contributed by atoms with Gasteiger partial charge in [-0.3, -0.25) is 4.79 Å². The van der Waals surface area contributed by atoms with E-state index < -0.39 is 21.8 Å². The van der Waals surface area contributed by atoms with Crippen molar-refractivity contribution in [3.05, 3.63) is 17.9 Å². The molecule has 0 spiro atoms. The number of furan rings is 1. The number of carboxylic acids is 1. The van der Waals surface area contributed by atoms with Crippen molar-refractivity contribution < 1.29 is 27.5 Å². The van der Waals surface area contributed by atoms with Crippen molar-refractivity contribution in [3.8, 4) is 0 Å². The van der Waals surface area contributed by atoms with Gasteiger partial charge >= 0.3 is 5.97 Å². The van der Waals surface area contributed by atoms with Gasteiger partial charge in [-0.25, -0.2) is 13.2 Å². The lowest BCUT2D eigenvalue weighted by atomic mass is 9.94. The van der Waals surface area contributed by atoms with E-state index in [1.165, 1.54) is 4.31 Å². The molecule has 1 amide bonds. The van der Waals surface area contributed by atoms with E-state index in [2.05, 4.69) is 6.92 Å². The number of nitrogens with zero attached hydrogens (tertiary/aromatic N) is 2. The molecule has 1 unspecified atom stereocenters. The Bertz CT molecular complexity index is 779. The fourth-order valence-electron chi connectivity index (χ4n) is 3.70. The van der Waals surface area contributed by atoms with Gasteiger partial charge in [0.05, 0.1) is 0 Å². The number of hydrogen-bond donors (Lipinski definition) is 1. The summed E-state index contributed by atoms with van der Waals surface area (Å²) in [5.41, 5.74) is 0. The predicted octanol–water partition coefficient (Wildman–Crippen LogP) is 1.78. The van der Waals surface area contributed by atoms with Crippen molar-refractivity contribution in [2.24, 2.45) is 5.92 Å². The van der Waals surface area contributed by atoms with Gasteiger partial charge in [0.2, 0.25) is 16.8 Å². The highest BCUT2D eigenvalue weighted by molar-refractivity contribution is 7.89. The van der Waals surface area contributed by atoms with Gasteiger partial charge in [0.15, 0.2) is 0 Å². The number of amides is 1. The number of aromatic carboxylic acids is 1. The lowest BCUT2D eigenvalue weighted by Crippen LogP contribution is -2.48. The standard InChI is InChI=1S/C17H24N2O6S/c1-12-4-2-3-9-19(12)16(20)13-7-10-18(11-8-13)26(23,24)15-6-5-14(25-15)17(21)22/h5-6,12-13H,2-4,7-11H2,1H3,(H,21,22). The normalized spacial score (nSPS) is 23.1. The molecule has 1 atom stereocenters. The van der Waals surface area contributed by atoms with Gasteiger partial charge in [0.25, 0.3) is 10.0 Å². The van der Waals surface area contributed by atoms with Crippen molar-refractivity contribution in [1.82, 2.24) is 9.21 Å². The van der Waals surface area contributed by atoms with Crippen LogP contribution in [0.4, 0.5) is 0 Å². The van der Waals surface area contributed by atoms with Crippen molar-refractivity contribution in [2.75, 3.05) is 19.6 Å². The Hall–Kier alpha value is -1.87. The first-order valence-corrected chi connectivity index (χ1v) is 10.4. The summed E-state index contributed by atoms with van der Waals surface area (Å²) in [5.74, 6) is -1.76. The first-order chi connectivity index (χ1) is 12.3. The zero-order valence-corrected chi connectivity index (χ0v) is 15.6. The molecule has 0 aliphatic carbocycles. The summed E-state index contributed by atoms with van der Waals surface area (Å²) in [4.78, 5) is 25.5. The van der Waals surface area contributed by atoms with Crippen LogP contribution in [0.5, 0.6) is 0 Å². The molecule has 3 heterocycles. The number of likely N-dealkylation sites (tertiary alicyclic amines) is 1. The molecular weight excluding hydrogens is 360 g/mol. The molecule has 2 saturated heterocycles. The van der Waals surface area contributed by atoms with E-state index in [4.69, 9.17) is 9.52 Å². The molecule has 0 bridgehead atoms. The van der Waals surface area contributed by atoms with Gasteiger partial charge in [-0.2, -0.15) is 4.31 Å². The zero-order valence-electron chi connectivity index (χ0n) is 14.8. The van der Waals surface area contributed by atoms with E-state index in [9.17, 15) is 18.0 Å². The molecule has 26 heavy (non-hydrogen) atoms. The topological polar surface area (TPSA) is 108 Å². The fourth-order valence-corrected chi connectivity index (χ4v) is 5.09. The molecule has 3 rings (SSSR count). The van der Waals surface area contributed by atoms with Gasteiger partial charge in [0, 0.05) is 31.6 Å². The van der Waals surface area contributed by atoms with Crippen molar-refractivity contribution in [1.29, 1.82) is 0 Å². The largest absolute Gasteiger partial charge is 0.475 e. The van der Waals surface area contributed by atoms with E-state index in [-0.39, 0.29) is 36.0 Å². The van der Waals surface area contributed by atoms with Crippen LogP contribution in [-0.2, 0) is 14.8 Å². The number of carbonyl (C=O) groups excluding carboxylic acids is 1. The maximum Gasteiger partial charge on any atom is 0.371 e. The lowest BCUT2D eigenvalue weighted by molar-refractivity contribution is -0.140. The molecule has 144 valence electrons. The minimum Gasteiger partial charge on any atom is -0.475 e. The van der Waals surface area contributed by atoms with Crippen molar-refractivity contribution in [2.45, 2.75) is 50.2 Å². The minimum absolute atomic E-state index is 0.125. The second-order valence-electron chi connectivity index (χ2n) is 6.98. The summed E-state index contributed by atoms with van der Waals surface area (Å²) >= 11 is 0. The SMILES string of the molecule is CC1CCCCN1C(=O)C1CCN(S(=O)(=O)c2ccc(C(=O)O)o2)CC1. The summed E-state index contributed by atoms with van der Waals surface area (Å²) in [6.07, 6.45) is 4.11. The minimum atomic E-state index is -3.88. The highest BCUT2D eigenvalue weighted by Gasteiger charge is 2.36. The van der Waals surface area contributed by atoms with Gasteiger partial charge in [-0.15, -0.1) is 0 Å². The number of piperidine rings is 2. The third-order valence-electron chi connectivity index (χ3n) is 5.28. The Morgan fingerprint density at radius 3 is 2.38 bits per heavy atom. The lowest BCUT2D eigenvalue weighted by Gasteiger charge is -2.38. The predicted molar refractivity (Wildman–Crippen MR) is 92.2 cm³/mol. The number of rotatable bonds is 4. The van der Waals surface area contributed by atoms with Crippen LogP contribution < -0.4 is 0 Å². The Labute approximate surface area is 152 Å². The van der Waals surface area contributed by atoms with E-state index >= 15 is 0 Å². The summed E-state index contributed by atoms with van der Waals surface area (Å²) in [7, 11) is -3.88. The van der Waals surface area contributed by atoms with Crippen LogP contribution in [-0.4, -0.2) is 60.3 Å². The Kier molecular flexibility index (Phi) is 5.38. The third-order valence-corrected chi connectivity index (χ3v) is 7.05. The monoisotopic (exact) mass is 384 g/mol. The van der Waals surface area contributed by atoms with E-state index in [1.807, 2.05) is 4.90 Å². The maximum atomic E-state index is 12.7. The molecule has 0 aromatic carbocycles. The zero-order chi connectivity index (χ0) is 18.9. The molecule has 1 N–H and O–H groups in total. The van der Waals surface area contributed by atoms with Gasteiger partial charge in [-0.05, 0) is 51.2 Å². The molecular formula is C17H24N2O6S. The quantitative estimate of drug-likeness (QED) is 0.848. The van der Waals surface area contributed by atoms with Crippen LogP contribution in [0.1, 0.15) is 49.6 Å². The number of sulfonamides is 1. The molecule has 0 radical (unpaired) electrons. The van der Waals surface area contributed by atoms with Crippen LogP contribution in [0.2, 0.25) is 0 Å².